The van der Waals surface area contributed by atoms with Crippen molar-refractivity contribution in [3.05, 3.63) is 52.7 Å². The van der Waals surface area contributed by atoms with Crippen LogP contribution >= 0.6 is 0 Å². The van der Waals surface area contributed by atoms with E-state index >= 15 is 0 Å². The Balaban J connectivity index is 1.59. The van der Waals surface area contributed by atoms with Gasteiger partial charge in [0, 0.05) is 54.4 Å². The van der Waals surface area contributed by atoms with Gasteiger partial charge in [-0.1, -0.05) is 6.07 Å². The van der Waals surface area contributed by atoms with Crippen LogP contribution in [0.15, 0.2) is 30.5 Å². The number of benzene rings is 2. The van der Waals surface area contributed by atoms with Crippen LogP contribution in [0.1, 0.15) is 33.1 Å². The van der Waals surface area contributed by atoms with Crippen LogP contribution in [0.4, 0.5) is 14.5 Å². The molecule has 0 saturated carbocycles. The lowest BCUT2D eigenvalue weighted by atomic mass is 9.95. The fourth-order valence-electron chi connectivity index (χ4n) is 5.34. The number of fused-ring (bicyclic) bond motifs is 2. The van der Waals surface area contributed by atoms with Crippen LogP contribution in [-0.2, 0) is 11.3 Å². The Labute approximate surface area is 211 Å². The maximum Gasteiger partial charge on any atom is 0.337 e. The van der Waals surface area contributed by atoms with Crippen molar-refractivity contribution in [1.29, 1.82) is 0 Å². The molecule has 2 aliphatic rings. The van der Waals surface area contributed by atoms with Crippen LogP contribution in [0.2, 0.25) is 0 Å². The third-order valence-electron chi connectivity index (χ3n) is 7.05. The zero-order valence-electron chi connectivity index (χ0n) is 20.5. The van der Waals surface area contributed by atoms with E-state index in [-0.39, 0.29) is 36.7 Å². The van der Waals surface area contributed by atoms with Crippen molar-refractivity contribution in [2.75, 3.05) is 45.2 Å². The van der Waals surface area contributed by atoms with Crippen LogP contribution in [0.3, 0.4) is 0 Å². The summed E-state index contributed by atoms with van der Waals surface area (Å²) in [4.78, 5) is 31.0. The van der Waals surface area contributed by atoms with E-state index < -0.39 is 24.3 Å². The number of aromatic amines is 1. The smallest absolute Gasteiger partial charge is 0.337 e. The fraction of sp³-hybridized carbons (Fsp3) is 0.385. The molecule has 5 rings (SSSR count). The molecule has 1 saturated heterocycles. The van der Waals surface area contributed by atoms with Crippen molar-refractivity contribution in [3.63, 3.8) is 0 Å². The van der Waals surface area contributed by atoms with Gasteiger partial charge >= 0.3 is 5.97 Å². The minimum absolute atomic E-state index is 0.0900. The molecule has 0 spiro atoms. The Morgan fingerprint density at radius 2 is 2.11 bits per heavy atom. The number of carbonyl (C=O) groups is 2. The molecule has 2 aromatic carbocycles. The highest BCUT2D eigenvalue weighted by molar-refractivity contribution is 6.04. The Bertz CT molecular complexity index is 1360. The van der Waals surface area contributed by atoms with Gasteiger partial charge in [0.05, 0.1) is 30.9 Å². The van der Waals surface area contributed by atoms with E-state index in [2.05, 4.69) is 15.2 Å². The van der Waals surface area contributed by atoms with E-state index in [0.717, 1.165) is 27.8 Å². The van der Waals surface area contributed by atoms with E-state index in [4.69, 9.17) is 9.47 Å². The van der Waals surface area contributed by atoms with Crippen LogP contribution in [0.25, 0.3) is 10.9 Å². The second kappa shape index (κ2) is 9.98. The van der Waals surface area contributed by atoms with Gasteiger partial charge in [-0.25, -0.2) is 13.6 Å². The fourth-order valence-corrected chi connectivity index (χ4v) is 5.34. The first-order valence-corrected chi connectivity index (χ1v) is 12.0. The third-order valence-corrected chi connectivity index (χ3v) is 7.05. The highest BCUT2D eigenvalue weighted by Gasteiger charge is 2.35. The molecule has 0 radical (unpaired) electrons. The summed E-state index contributed by atoms with van der Waals surface area (Å²) in [5.74, 6) is -0.667. The molecule has 2 aliphatic heterocycles. The van der Waals surface area contributed by atoms with E-state index in [1.54, 1.807) is 18.1 Å². The van der Waals surface area contributed by atoms with Crippen molar-refractivity contribution >= 4 is 28.5 Å². The quantitative estimate of drug-likeness (QED) is 0.442. The molecule has 11 heteroatoms. The largest absolute Gasteiger partial charge is 0.496 e. The number of aryl methyl sites for hydroxylation is 1. The molecule has 0 aliphatic carbocycles. The number of anilines is 1. The molecule has 1 fully saturated rings. The number of nitrogens with zero attached hydrogens (tertiary/aromatic N) is 2. The monoisotopic (exact) mass is 514 g/mol. The number of hydrogen-bond donors (Lipinski definition) is 3. The minimum atomic E-state index is -2.48. The van der Waals surface area contributed by atoms with Gasteiger partial charge in [0.15, 0.2) is 6.61 Å². The average Bonchev–Trinajstić information content (AvgIpc) is 3.36. The number of nitrogens with one attached hydrogen (secondary N) is 2. The topological polar surface area (TPSA) is 107 Å². The molecule has 3 aromatic rings. The lowest BCUT2D eigenvalue weighted by Crippen LogP contribution is -2.49. The van der Waals surface area contributed by atoms with Crippen molar-refractivity contribution in [1.82, 2.24) is 14.8 Å². The number of carbonyl (C=O) groups excluding carboxylic acids is 1. The number of rotatable bonds is 7. The third kappa shape index (κ3) is 4.72. The number of methoxy groups -OCH3 is 1. The van der Waals surface area contributed by atoms with E-state index in [0.29, 0.717) is 25.2 Å². The van der Waals surface area contributed by atoms with Crippen molar-refractivity contribution < 1.29 is 33.0 Å². The van der Waals surface area contributed by atoms with E-state index in [1.807, 2.05) is 25.3 Å². The van der Waals surface area contributed by atoms with Gasteiger partial charge < -0.3 is 24.9 Å². The lowest BCUT2D eigenvalue weighted by Gasteiger charge is -2.42. The Morgan fingerprint density at radius 3 is 2.84 bits per heavy atom. The zero-order chi connectivity index (χ0) is 26.3. The molecular weight excluding hydrogens is 486 g/mol. The standard InChI is InChI=1S/C26H28F2N4O5/c1-14-9-20(36-2)18(15-5-6-29-23(14)15)10-32-8-7-31(12-21(27)28)11-19(32)16-3-4-17(26(34)35)24-25(16)37-13-22(33)30-24/h3-6,9,19,21,29H,7-8,10-13H2,1-2H3,(H,30,33)(H,34,35). The van der Waals surface area contributed by atoms with Crippen molar-refractivity contribution in [2.45, 2.75) is 25.9 Å². The van der Waals surface area contributed by atoms with Gasteiger partial charge in [-0.3, -0.25) is 14.6 Å². The Morgan fingerprint density at radius 1 is 1.30 bits per heavy atom. The summed E-state index contributed by atoms with van der Waals surface area (Å²) >= 11 is 0. The maximum atomic E-state index is 13.3. The number of halogens is 2. The summed E-state index contributed by atoms with van der Waals surface area (Å²) in [6, 6.07) is 6.63. The molecule has 3 N–H and O–H groups in total. The summed E-state index contributed by atoms with van der Waals surface area (Å²) < 4.78 is 38.1. The number of aromatic nitrogens is 1. The second-order valence-electron chi connectivity index (χ2n) is 9.33. The normalized spacial score (nSPS) is 18.5. The summed E-state index contributed by atoms with van der Waals surface area (Å²) in [5, 5.41) is 13.3. The van der Waals surface area contributed by atoms with E-state index in [9.17, 15) is 23.5 Å². The molecule has 37 heavy (non-hydrogen) atoms. The molecule has 0 bridgehead atoms. The first kappa shape index (κ1) is 25.0. The predicted octanol–water partition coefficient (Wildman–Crippen LogP) is 3.64. The van der Waals surface area contributed by atoms with Crippen LogP contribution in [0.5, 0.6) is 11.5 Å². The molecule has 196 valence electrons. The van der Waals surface area contributed by atoms with Gasteiger partial charge in [-0.2, -0.15) is 0 Å². The number of amides is 1. The summed E-state index contributed by atoms with van der Waals surface area (Å²) in [7, 11) is 1.62. The first-order chi connectivity index (χ1) is 17.8. The Hall–Kier alpha value is -3.70. The van der Waals surface area contributed by atoms with Gasteiger partial charge in [0.1, 0.15) is 11.5 Å². The molecule has 9 nitrogen and oxygen atoms in total. The van der Waals surface area contributed by atoms with Crippen molar-refractivity contribution in [3.8, 4) is 11.5 Å². The molecule has 1 aromatic heterocycles. The highest BCUT2D eigenvalue weighted by atomic mass is 19.3. The van der Waals surface area contributed by atoms with Gasteiger partial charge in [0.2, 0.25) is 0 Å². The molecule has 1 unspecified atom stereocenters. The number of aromatic carboxylic acids is 1. The lowest BCUT2D eigenvalue weighted by molar-refractivity contribution is -0.118. The summed E-state index contributed by atoms with van der Waals surface area (Å²) in [6.45, 7) is 3.05. The minimum Gasteiger partial charge on any atom is -0.496 e. The van der Waals surface area contributed by atoms with Crippen LogP contribution < -0.4 is 14.8 Å². The van der Waals surface area contributed by atoms with Gasteiger partial charge in [-0.05, 0) is 30.7 Å². The van der Waals surface area contributed by atoms with E-state index in [1.165, 1.54) is 6.07 Å². The van der Waals surface area contributed by atoms with Crippen molar-refractivity contribution in [2.24, 2.45) is 0 Å². The van der Waals surface area contributed by atoms with Crippen LogP contribution in [-0.4, -0.2) is 78.1 Å². The number of ether oxygens (including phenoxy) is 2. The Kier molecular flexibility index (Phi) is 6.74. The highest BCUT2D eigenvalue weighted by Crippen LogP contribution is 2.42. The average molecular weight is 515 g/mol. The number of hydrogen-bond acceptors (Lipinski definition) is 6. The molecule has 1 amide bonds. The molecule has 1 atom stereocenters. The number of carboxylic acid groups (broad SMARTS) is 1. The van der Waals surface area contributed by atoms with Crippen LogP contribution in [0, 0.1) is 6.92 Å². The predicted molar refractivity (Wildman–Crippen MR) is 133 cm³/mol. The number of H-pyrrole nitrogens is 1. The molecular formula is C26H28F2N4O5. The second-order valence-corrected chi connectivity index (χ2v) is 9.33. The SMILES string of the molecule is COc1cc(C)c2[nH]ccc2c1CN1CCN(CC(F)F)CC1c1ccc(C(=O)O)c2c1OCC(=O)N2. The van der Waals surface area contributed by atoms with Gasteiger partial charge in [0.25, 0.3) is 12.3 Å². The maximum absolute atomic E-state index is 13.3. The first-order valence-electron chi connectivity index (χ1n) is 12.0. The number of piperazine rings is 1. The number of carboxylic acids is 1. The molecule has 3 heterocycles. The zero-order valence-corrected chi connectivity index (χ0v) is 20.5. The number of alkyl halides is 2. The summed E-state index contributed by atoms with van der Waals surface area (Å²) in [5.41, 5.74) is 3.64. The summed E-state index contributed by atoms with van der Waals surface area (Å²) in [6.07, 6.45) is -0.612. The van der Waals surface area contributed by atoms with Gasteiger partial charge in [-0.15, -0.1) is 0 Å².